The van der Waals surface area contributed by atoms with Crippen molar-refractivity contribution in [2.75, 3.05) is 24.1 Å². The maximum absolute atomic E-state index is 12.1. The largest absolute Gasteiger partial charge is 0.478 e. The average molecular weight is 277 g/mol. The first-order chi connectivity index (χ1) is 9.47. The number of nitrogen functional groups attached to an aromatic ring is 1. The molecule has 0 radical (unpaired) electrons. The van der Waals surface area contributed by atoms with Gasteiger partial charge in [-0.1, -0.05) is 6.92 Å². The van der Waals surface area contributed by atoms with Crippen LogP contribution < -0.4 is 11.1 Å². The highest BCUT2D eigenvalue weighted by atomic mass is 16.4. The number of aromatic carboxylic acids is 1. The van der Waals surface area contributed by atoms with E-state index < -0.39 is 5.97 Å². The molecule has 0 aliphatic carbocycles. The van der Waals surface area contributed by atoms with Crippen molar-refractivity contribution >= 4 is 23.4 Å². The zero-order chi connectivity index (χ0) is 14.7. The number of likely N-dealkylation sites (tertiary alicyclic amines) is 1. The molecule has 1 aromatic rings. The molecule has 1 fully saturated rings. The first-order valence-corrected chi connectivity index (χ1v) is 6.66. The topological polar surface area (TPSA) is 95.7 Å². The molecule has 20 heavy (non-hydrogen) atoms. The Kier molecular flexibility index (Phi) is 4.12. The lowest BCUT2D eigenvalue weighted by atomic mass is 10.0. The minimum absolute atomic E-state index is 0.104. The highest BCUT2D eigenvalue weighted by Crippen LogP contribution is 2.22. The summed E-state index contributed by atoms with van der Waals surface area (Å²) in [5.74, 6) is -0.541. The van der Waals surface area contributed by atoms with Gasteiger partial charge in [-0.2, -0.15) is 0 Å². The minimum atomic E-state index is -1.04. The summed E-state index contributed by atoms with van der Waals surface area (Å²) in [4.78, 5) is 24.7. The smallest absolute Gasteiger partial charge is 0.335 e. The number of carbonyl (C=O) groups is 2. The summed E-state index contributed by atoms with van der Waals surface area (Å²) in [6, 6.07) is 4.10. The van der Waals surface area contributed by atoms with Crippen molar-refractivity contribution < 1.29 is 14.7 Å². The summed E-state index contributed by atoms with van der Waals surface area (Å²) in [7, 11) is 0. The molecule has 6 heteroatoms. The van der Waals surface area contributed by atoms with Crippen LogP contribution in [-0.2, 0) is 0 Å². The highest BCUT2D eigenvalue weighted by molar-refractivity contribution is 5.95. The zero-order valence-electron chi connectivity index (χ0n) is 11.4. The Morgan fingerprint density at radius 2 is 2.20 bits per heavy atom. The lowest BCUT2D eigenvalue weighted by molar-refractivity contribution is 0.0697. The van der Waals surface area contributed by atoms with Crippen LogP contribution in [0.1, 0.15) is 30.1 Å². The van der Waals surface area contributed by atoms with Crippen molar-refractivity contribution in [3.8, 4) is 0 Å². The molecule has 0 saturated carbocycles. The molecule has 4 N–H and O–H groups in total. The van der Waals surface area contributed by atoms with Gasteiger partial charge in [-0.05, 0) is 37.0 Å². The first kappa shape index (κ1) is 14.2. The second kappa shape index (κ2) is 5.81. The van der Waals surface area contributed by atoms with Gasteiger partial charge in [0.25, 0.3) is 0 Å². The number of nitrogens with one attached hydrogen (secondary N) is 1. The summed E-state index contributed by atoms with van der Waals surface area (Å²) in [5.41, 5.74) is 6.57. The number of hydrogen-bond donors (Lipinski definition) is 3. The van der Waals surface area contributed by atoms with Gasteiger partial charge in [0.05, 0.1) is 16.9 Å². The second-order valence-electron chi connectivity index (χ2n) is 5.23. The van der Waals surface area contributed by atoms with Crippen molar-refractivity contribution in [3.05, 3.63) is 23.8 Å². The number of amides is 2. The maximum atomic E-state index is 12.1. The standard InChI is InChI=1S/C14H19N3O3/c1-9-3-2-6-17(8-9)14(20)16-12-5-4-10(13(18)19)7-11(12)15/h4-5,7,9H,2-3,6,8,15H2,1H3,(H,16,20)(H,18,19). The first-order valence-electron chi connectivity index (χ1n) is 6.66. The summed E-state index contributed by atoms with van der Waals surface area (Å²) >= 11 is 0. The summed E-state index contributed by atoms with van der Waals surface area (Å²) < 4.78 is 0. The fraction of sp³-hybridized carbons (Fsp3) is 0.429. The number of nitrogens with zero attached hydrogens (tertiary/aromatic N) is 1. The zero-order valence-corrected chi connectivity index (χ0v) is 11.4. The van der Waals surface area contributed by atoms with Crippen LogP contribution in [0.25, 0.3) is 0 Å². The predicted molar refractivity (Wildman–Crippen MR) is 76.8 cm³/mol. The third-order valence-corrected chi connectivity index (χ3v) is 3.48. The molecular formula is C14H19N3O3. The fourth-order valence-electron chi connectivity index (χ4n) is 2.38. The Morgan fingerprint density at radius 1 is 1.45 bits per heavy atom. The molecular weight excluding hydrogens is 258 g/mol. The van der Waals surface area contributed by atoms with Crippen molar-refractivity contribution in [2.45, 2.75) is 19.8 Å². The Hall–Kier alpha value is -2.24. The van der Waals surface area contributed by atoms with Crippen LogP contribution in [0.3, 0.4) is 0 Å². The summed E-state index contributed by atoms with van der Waals surface area (Å²) in [5, 5.41) is 11.6. The van der Waals surface area contributed by atoms with E-state index in [4.69, 9.17) is 10.8 Å². The number of urea groups is 1. The van der Waals surface area contributed by atoms with E-state index in [1.165, 1.54) is 18.2 Å². The predicted octanol–water partition coefficient (Wildman–Crippen LogP) is 2.23. The van der Waals surface area contributed by atoms with Gasteiger partial charge < -0.3 is 21.1 Å². The molecule has 6 nitrogen and oxygen atoms in total. The number of carboxylic acids is 1. The number of carbonyl (C=O) groups excluding carboxylic acids is 1. The number of piperidine rings is 1. The molecule has 108 valence electrons. The Balaban J connectivity index is 2.06. The van der Waals surface area contributed by atoms with Crippen LogP contribution in [0.15, 0.2) is 18.2 Å². The molecule has 1 saturated heterocycles. The number of anilines is 2. The fourth-order valence-corrected chi connectivity index (χ4v) is 2.38. The lowest BCUT2D eigenvalue weighted by Crippen LogP contribution is -2.41. The molecule has 1 aliphatic heterocycles. The number of carboxylic acid groups (broad SMARTS) is 1. The molecule has 1 heterocycles. The quantitative estimate of drug-likeness (QED) is 0.722. The average Bonchev–Trinajstić information content (AvgIpc) is 2.40. The molecule has 0 spiro atoms. The molecule has 0 bridgehead atoms. The van der Waals surface area contributed by atoms with Gasteiger partial charge in [-0.15, -0.1) is 0 Å². The van der Waals surface area contributed by atoms with Gasteiger partial charge >= 0.3 is 12.0 Å². The van der Waals surface area contributed by atoms with Crippen LogP contribution in [0, 0.1) is 5.92 Å². The summed E-state index contributed by atoms with van der Waals surface area (Å²) in [6.45, 7) is 3.59. The maximum Gasteiger partial charge on any atom is 0.335 e. The highest BCUT2D eigenvalue weighted by Gasteiger charge is 2.21. The Bertz CT molecular complexity index is 530. The summed E-state index contributed by atoms with van der Waals surface area (Å²) in [6.07, 6.45) is 2.14. The van der Waals surface area contributed by atoms with Crippen LogP contribution in [0.2, 0.25) is 0 Å². The van der Waals surface area contributed by atoms with Crippen LogP contribution in [0.5, 0.6) is 0 Å². The van der Waals surface area contributed by atoms with Crippen molar-refractivity contribution in [1.29, 1.82) is 0 Å². The molecule has 1 aromatic carbocycles. The van der Waals surface area contributed by atoms with E-state index in [1.54, 1.807) is 4.90 Å². The third kappa shape index (κ3) is 3.20. The van der Waals surface area contributed by atoms with E-state index in [2.05, 4.69) is 12.2 Å². The van der Waals surface area contributed by atoms with Gasteiger partial charge in [0.2, 0.25) is 0 Å². The van der Waals surface area contributed by atoms with Crippen LogP contribution in [0.4, 0.5) is 16.2 Å². The van der Waals surface area contributed by atoms with Gasteiger partial charge in [-0.3, -0.25) is 0 Å². The van der Waals surface area contributed by atoms with Gasteiger partial charge in [0, 0.05) is 13.1 Å². The van der Waals surface area contributed by atoms with Crippen LogP contribution >= 0.6 is 0 Å². The number of rotatable bonds is 2. The Labute approximate surface area is 117 Å². The van der Waals surface area contributed by atoms with Crippen molar-refractivity contribution in [3.63, 3.8) is 0 Å². The van der Waals surface area contributed by atoms with Gasteiger partial charge in [-0.25, -0.2) is 9.59 Å². The van der Waals surface area contributed by atoms with E-state index in [-0.39, 0.29) is 17.3 Å². The number of hydrogen-bond acceptors (Lipinski definition) is 3. The molecule has 2 rings (SSSR count). The van der Waals surface area contributed by atoms with E-state index in [0.29, 0.717) is 11.6 Å². The lowest BCUT2D eigenvalue weighted by Gasteiger charge is -2.31. The van der Waals surface area contributed by atoms with E-state index in [1.807, 2.05) is 0 Å². The SMILES string of the molecule is CC1CCCN(C(=O)Nc2ccc(C(=O)O)cc2N)C1. The van der Waals surface area contributed by atoms with Crippen molar-refractivity contribution in [2.24, 2.45) is 5.92 Å². The molecule has 0 aromatic heterocycles. The molecule has 1 aliphatic rings. The molecule has 1 unspecified atom stereocenters. The second-order valence-corrected chi connectivity index (χ2v) is 5.23. The molecule has 1 atom stereocenters. The van der Waals surface area contributed by atoms with Gasteiger partial charge in [0.15, 0.2) is 0 Å². The van der Waals surface area contributed by atoms with E-state index in [0.717, 1.165) is 25.9 Å². The monoisotopic (exact) mass is 277 g/mol. The van der Waals surface area contributed by atoms with Gasteiger partial charge in [0.1, 0.15) is 0 Å². The number of nitrogens with two attached hydrogens (primary N) is 1. The van der Waals surface area contributed by atoms with Crippen molar-refractivity contribution in [1.82, 2.24) is 4.90 Å². The van der Waals surface area contributed by atoms with E-state index in [9.17, 15) is 9.59 Å². The van der Waals surface area contributed by atoms with Crippen LogP contribution in [-0.4, -0.2) is 35.1 Å². The Morgan fingerprint density at radius 3 is 2.80 bits per heavy atom. The third-order valence-electron chi connectivity index (χ3n) is 3.48. The van der Waals surface area contributed by atoms with E-state index >= 15 is 0 Å². The normalized spacial score (nSPS) is 18.6. The number of benzene rings is 1. The molecule has 2 amide bonds. The minimum Gasteiger partial charge on any atom is -0.478 e.